The summed E-state index contributed by atoms with van der Waals surface area (Å²) in [7, 11) is -3.62. The molecule has 3 rings (SSSR count). The zero-order chi connectivity index (χ0) is 15.3. The van der Waals surface area contributed by atoms with E-state index in [0.717, 1.165) is 24.2 Å². The van der Waals surface area contributed by atoms with Crippen LogP contribution < -0.4 is 0 Å². The van der Waals surface area contributed by atoms with Gasteiger partial charge in [-0.2, -0.15) is 4.31 Å². The fourth-order valence-corrected chi connectivity index (χ4v) is 5.45. The molecule has 2 fully saturated rings. The fourth-order valence-electron chi connectivity index (χ4n) is 2.89. The number of aromatic carboxylic acids is 1. The Morgan fingerprint density at radius 3 is 2.43 bits per heavy atom. The Bertz CT molecular complexity index is 654. The van der Waals surface area contributed by atoms with E-state index in [1.165, 1.54) is 15.8 Å². The van der Waals surface area contributed by atoms with Crippen LogP contribution in [-0.2, 0) is 10.0 Å². The van der Waals surface area contributed by atoms with Gasteiger partial charge in [0.1, 0.15) is 4.88 Å². The molecule has 0 unspecified atom stereocenters. The molecule has 1 aromatic rings. The van der Waals surface area contributed by atoms with Crippen LogP contribution in [0.2, 0.25) is 0 Å². The van der Waals surface area contributed by atoms with E-state index in [1.54, 1.807) is 0 Å². The molecule has 2 heterocycles. The zero-order valence-electron chi connectivity index (χ0n) is 11.4. The van der Waals surface area contributed by atoms with Gasteiger partial charge in [-0.1, -0.05) is 0 Å². The average molecular weight is 331 g/mol. The van der Waals surface area contributed by atoms with Gasteiger partial charge in [-0.25, -0.2) is 13.2 Å². The van der Waals surface area contributed by atoms with Crippen molar-refractivity contribution in [2.45, 2.75) is 36.2 Å². The summed E-state index contributed by atoms with van der Waals surface area (Å²) in [5.41, 5.74) is -0.561. The molecule has 0 spiro atoms. The Morgan fingerprint density at radius 1 is 1.33 bits per heavy atom. The first-order valence-corrected chi connectivity index (χ1v) is 9.19. The first kappa shape index (κ1) is 15.0. The lowest BCUT2D eigenvalue weighted by molar-refractivity contribution is 0.0534. The number of hydrogen-bond acceptors (Lipinski definition) is 5. The highest BCUT2D eigenvalue weighted by molar-refractivity contribution is 7.89. The molecule has 6 nitrogen and oxygen atoms in total. The number of piperidine rings is 1. The summed E-state index contributed by atoms with van der Waals surface area (Å²) in [6, 6.07) is 1.21. The monoisotopic (exact) mass is 331 g/mol. The predicted molar refractivity (Wildman–Crippen MR) is 76.9 cm³/mol. The van der Waals surface area contributed by atoms with E-state index >= 15 is 0 Å². The van der Waals surface area contributed by atoms with Gasteiger partial charge in [0.25, 0.3) is 0 Å². The number of sulfonamides is 1. The summed E-state index contributed by atoms with van der Waals surface area (Å²) in [6.45, 7) is 0.765. The van der Waals surface area contributed by atoms with Crippen molar-refractivity contribution in [1.29, 1.82) is 0 Å². The van der Waals surface area contributed by atoms with Crippen LogP contribution in [0.5, 0.6) is 0 Å². The van der Waals surface area contributed by atoms with Gasteiger partial charge in [-0.3, -0.25) is 0 Å². The highest BCUT2D eigenvalue weighted by Gasteiger charge is 2.48. The van der Waals surface area contributed by atoms with Crippen LogP contribution in [0.3, 0.4) is 0 Å². The minimum Gasteiger partial charge on any atom is -0.477 e. The maximum absolute atomic E-state index is 12.5. The minimum atomic E-state index is -3.62. The van der Waals surface area contributed by atoms with Gasteiger partial charge in [0, 0.05) is 18.5 Å². The second-order valence-corrected chi connectivity index (χ2v) is 8.58. The molecule has 1 aromatic heterocycles. The molecule has 1 saturated carbocycles. The van der Waals surface area contributed by atoms with Gasteiger partial charge in [0.15, 0.2) is 0 Å². The third kappa shape index (κ3) is 2.73. The first-order chi connectivity index (χ1) is 9.83. The SMILES string of the molecule is O=C(O)c1cc(S(=O)(=O)N2CCC(C3(O)CC3)CC2)cs1. The lowest BCUT2D eigenvalue weighted by atomic mass is 9.90. The lowest BCUT2D eigenvalue weighted by Gasteiger charge is -2.33. The molecule has 1 aliphatic carbocycles. The quantitative estimate of drug-likeness (QED) is 0.869. The molecule has 21 heavy (non-hydrogen) atoms. The molecule has 0 aromatic carbocycles. The molecule has 8 heteroatoms. The molecule has 1 aliphatic heterocycles. The van der Waals surface area contributed by atoms with Crippen LogP contribution in [0.25, 0.3) is 0 Å². The first-order valence-electron chi connectivity index (χ1n) is 6.87. The van der Waals surface area contributed by atoms with Gasteiger partial charge in [0.05, 0.1) is 10.5 Å². The molecule has 0 amide bonds. The standard InChI is InChI=1S/C13H17NO5S2/c15-12(16)11-7-10(8-20-11)21(18,19)14-5-1-9(2-6-14)13(17)3-4-13/h7-9,17H,1-6H2,(H,15,16). The van der Waals surface area contributed by atoms with Crippen molar-refractivity contribution in [2.75, 3.05) is 13.1 Å². The summed E-state index contributed by atoms with van der Waals surface area (Å²) in [5.74, 6) is -0.933. The highest BCUT2D eigenvalue weighted by atomic mass is 32.2. The molecule has 0 atom stereocenters. The van der Waals surface area contributed by atoms with E-state index in [0.29, 0.717) is 25.9 Å². The molecule has 0 radical (unpaired) electrons. The molecule has 1 saturated heterocycles. The zero-order valence-corrected chi connectivity index (χ0v) is 13.0. The molecule has 0 bridgehead atoms. The molecule has 2 aliphatic rings. The highest BCUT2D eigenvalue weighted by Crippen LogP contribution is 2.46. The smallest absolute Gasteiger partial charge is 0.345 e. The van der Waals surface area contributed by atoms with E-state index in [9.17, 15) is 18.3 Å². The maximum Gasteiger partial charge on any atom is 0.345 e. The molecule has 2 N–H and O–H groups in total. The number of carbonyl (C=O) groups is 1. The Balaban J connectivity index is 1.72. The fraction of sp³-hybridized carbons (Fsp3) is 0.615. The summed E-state index contributed by atoms with van der Waals surface area (Å²) in [4.78, 5) is 10.9. The van der Waals surface area contributed by atoms with Gasteiger partial charge in [-0.05, 0) is 37.7 Å². The number of rotatable bonds is 4. The Hall–Kier alpha value is -0.960. The summed E-state index contributed by atoms with van der Waals surface area (Å²) < 4.78 is 26.3. The molecular formula is C13H17NO5S2. The van der Waals surface area contributed by atoms with Crippen molar-refractivity contribution in [3.63, 3.8) is 0 Å². The third-order valence-electron chi connectivity index (χ3n) is 4.40. The summed E-state index contributed by atoms with van der Waals surface area (Å²) >= 11 is 0.918. The number of aliphatic hydroxyl groups is 1. The number of carboxylic acid groups (broad SMARTS) is 1. The minimum absolute atomic E-state index is 0.0238. The van der Waals surface area contributed by atoms with Gasteiger partial charge in [-0.15, -0.1) is 11.3 Å². The van der Waals surface area contributed by atoms with Crippen LogP contribution in [0.15, 0.2) is 16.3 Å². The van der Waals surface area contributed by atoms with Crippen molar-refractivity contribution in [3.05, 3.63) is 16.3 Å². The maximum atomic E-state index is 12.5. The average Bonchev–Trinajstić information content (AvgIpc) is 3.02. The van der Waals surface area contributed by atoms with Crippen LogP contribution in [0.1, 0.15) is 35.4 Å². The van der Waals surface area contributed by atoms with E-state index in [-0.39, 0.29) is 15.7 Å². The van der Waals surface area contributed by atoms with Crippen molar-refractivity contribution in [2.24, 2.45) is 5.92 Å². The second kappa shape index (κ2) is 5.05. The van der Waals surface area contributed by atoms with Crippen LogP contribution in [0.4, 0.5) is 0 Å². The largest absolute Gasteiger partial charge is 0.477 e. The second-order valence-electron chi connectivity index (χ2n) is 5.73. The Kier molecular flexibility index (Phi) is 3.59. The number of thiophene rings is 1. The number of nitrogens with zero attached hydrogens (tertiary/aromatic N) is 1. The van der Waals surface area contributed by atoms with Gasteiger partial charge >= 0.3 is 5.97 Å². The molecule has 116 valence electrons. The molecular weight excluding hydrogens is 314 g/mol. The number of hydrogen-bond donors (Lipinski definition) is 2. The third-order valence-corrected chi connectivity index (χ3v) is 7.34. The van der Waals surface area contributed by atoms with Crippen molar-refractivity contribution >= 4 is 27.3 Å². The van der Waals surface area contributed by atoms with Crippen LogP contribution in [0, 0.1) is 5.92 Å². The van der Waals surface area contributed by atoms with Crippen molar-refractivity contribution in [3.8, 4) is 0 Å². The topological polar surface area (TPSA) is 94.9 Å². The number of carboxylic acids is 1. The van der Waals surface area contributed by atoms with E-state index in [1.807, 2.05) is 0 Å². The lowest BCUT2D eigenvalue weighted by Crippen LogP contribution is -2.41. The van der Waals surface area contributed by atoms with Crippen LogP contribution in [-0.4, -0.2) is 47.6 Å². The van der Waals surface area contributed by atoms with E-state index < -0.39 is 21.6 Å². The summed E-state index contributed by atoms with van der Waals surface area (Å²) in [6.07, 6.45) is 2.95. The summed E-state index contributed by atoms with van der Waals surface area (Å²) in [5, 5.41) is 20.3. The van der Waals surface area contributed by atoms with E-state index in [4.69, 9.17) is 5.11 Å². The Morgan fingerprint density at radius 2 is 1.95 bits per heavy atom. The van der Waals surface area contributed by atoms with E-state index in [2.05, 4.69) is 0 Å². The Labute approximate surface area is 127 Å². The van der Waals surface area contributed by atoms with Crippen molar-refractivity contribution in [1.82, 2.24) is 4.31 Å². The van der Waals surface area contributed by atoms with Crippen LogP contribution >= 0.6 is 11.3 Å². The van der Waals surface area contributed by atoms with Gasteiger partial charge < -0.3 is 10.2 Å². The van der Waals surface area contributed by atoms with Gasteiger partial charge in [0.2, 0.25) is 10.0 Å². The van der Waals surface area contributed by atoms with Crippen molar-refractivity contribution < 1.29 is 23.4 Å². The normalized spacial score (nSPS) is 23.1. The predicted octanol–water partition coefficient (Wildman–Crippen LogP) is 1.37.